The summed E-state index contributed by atoms with van der Waals surface area (Å²) in [6, 6.07) is 5.47. The lowest BCUT2D eigenvalue weighted by Crippen LogP contribution is -1.94. The summed E-state index contributed by atoms with van der Waals surface area (Å²) in [4.78, 5) is 0. The van der Waals surface area contributed by atoms with Crippen molar-refractivity contribution < 1.29 is 9.47 Å². The van der Waals surface area contributed by atoms with E-state index in [1.54, 1.807) is 26.5 Å². The third kappa shape index (κ3) is 2.57. The van der Waals surface area contributed by atoms with Crippen LogP contribution in [0.15, 0.2) is 29.6 Å². The number of hydrogen-bond acceptors (Lipinski definition) is 5. The molecule has 94 valence electrons. The van der Waals surface area contributed by atoms with Gasteiger partial charge >= 0.3 is 0 Å². The zero-order chi connectivity index (χ0) is 13.0. The first-order valence-corrected chi connectivity index (χ1v) is 5.54. The third-order valence-corrected chi connectivity index (χ3v) is 2.58. The molecule has 1 N–H and O–H groups in total. The van der Waals surface area contributed by atoms with Gasteiger partial charge in [0.05, 0.1) is 20.4 Å². The Balaban J connectivity index is 2.31. The molecule has 0 spiro atoms. The number of nitrogens with zero attached hydrogens (tertiary/aromatic N) is 3. The van der Waals surface area contributed by atoms with Crippen molar-refractivity contribution in [1.82, 2.24) is 14.9 Å². The number of H-pyrrole nitrogens is 1. The molecule has 0 aliphatic carbocycles. The number of benzene rings is 1. The van der Waals surface area contributed by atoms with Gasteiger partial charge in [0.15, 0.2) is 0 Å². The molecule has 1 aromatic heterocycles. The molecule has 0 bridgehead atoms. The summed E-state index contributed by atoms with van der Waals surface area (Å²) in [5.41, 5.74) is 0.821. The molecule has 0 saturated heterocycles. The maximum atomic E-state index is 5.26. The molecular formula is C11H12N4O2S. The van der Waals surface area contributed by atoms with Gasteiger partial charge in [-0.1, -0.05) is 0 Å². The van der Waals surface area contributed by atoms with Crippen LogP contribution in [-0.4, -0.2) is 35.3 Å². The van der Waals surface area contributed by atoms with E-state index >= 15 is 0 Å². The summed E-state index contributed by atoms with van der Waals surface area (Å²) in [6.07, 6.45) is 3.14. The number of methoxy groups -OCH3 is 2. The summed E-state index contributed by atoms with van der Waals surface area (Å²) < 4.78 is 12.3. The fourth-order valence-corrected chi connectivity index (χ4v) is 1.52. The predicted molar refractivity (Wildman–Crippen MR) is 69.9 cm³/mol. The highest BCUT2D eigenvalue weighted by atomic mass is 32.1. The smallest absolute Gasteiger partial charge is 0.216 e. The Labute approximate surface area is 109 Å². The first-order chi connectivity index (χ1) is 8.74. The fourth-order valence-electron chi connectivity index (χ4n) is 1.37. The second kappa shape index (κ2) is 5.46. The molecule has 0 fully saturated rings. The first-order valence-electron chi connectivity index (χ1n) is 5.13. The van der Waals surface area contributed by atoms with Crippen molar-refractivity contribution in [2.75, 3.05) is 14.2 Å². The molecule has 1 aromatic carbocycles. The second-order valence-corrected chi connectivity index (χ2v) is 3.75. The molecule has 0 aliphatic rings. The van der Waals surface area contributed by atoms with E-state index < -0.39 is 0 Å². The van der Waals surface area contributed by atoms with Crippen molar-refractivity contribution in [1.29, 1.82) is 0 Å². The molecule has 0 aliphatic heterocycles. The summed E-state index contributed by atoms with van der Waals surface area (Å²) in [6.45, 7) is 0. The van der Waals surface area contributed by atoms with Gasteiger partial charge in [0.2, 0.25) is 4.77 Å². The van der Waals surface area contributed by atoms with E-state index in [2.05, 4.69) is 15.3 Å². The Morgan fingerprint density at radius 3 is 2.83 bits per heavy atom. The van der Waals surface area contributed by atoms with Crippen molar-refractivity contribution in [3.63, 3.8) is 0 Å². The Morgan fingerprint density at radius 1 is 1.39 bits per heavy atom. The Morgan fingerprint density at radius 2 is 2.22 bits per heavy atom. The number of aromatic amines is 1. The third-order valence-electron chi connectivity index (χ3n) is 2.30. The highest BCUT2D eigenvalue weighted by molar-refractivity contribution is 7.71. The molecule has 18 heavy (non-hydrogen) atoms. The van der Waals surface area contributed by atoms with Gasteiger partial charge in [0.25, 0.3) is 0 Å². The average Bonchev–Trinajstić information content (AvgIpc) is 2.81. The molecule has 0 amide bonds. The molecule has 6 nitrogen and oxygen atoms in total. The highest BCUT2D eigenvalue weighted by Gasteiger charge is 2.02. The maximum Gasteiger partial charge on any atom is 0.216 e. The van der Waals surface area contributed by atoms with Gasteiger partial charge in [-0.05, 0) is 24.4 Å². The molecule has 2 rings (SSSR count). The molecule has 0 atom stereocenters. The van der Waals surface area contributed by atoms with Crippen molar-refractivity contribution >= 4 is 18.4 Å². The number of ether oxygens (including phenoxy) is 2. The number of nitrogens with one attached hydrogen (secondary N) is 1. The van der Waals surface area contributed by atoms with Crippen LogP contribution in [-0.2, 0) is 0 Å². The van der Waals surface area contributed by atoms with Crippen LogP contribution < -0.4 is 9.47 Å². The van der Waals surface area contributed by atoms with Gasteiger partial charge in [-0.3, -0.25) is 5.10 Å². The summed E-state index contributed by atoms with van der Waals surface area (Å²) in [5.74, 6) is 1.40. The molecule has 0 saturated carbocycles. The van der Waals surface area contributed by atoms with Crippen molar-refractivity contribution in [3.05, 3.63) is 34.9 Å². The highest BCUT2D eigenvalue weighted by Crippen LogP contribution is 2.23. The molecule has 1 heterocycles. The van der Waals surface area contributed by atoms with Gasteiger partial charge < -0.3 is 9.47 Å². The van der Waals surface area contributed by atoms with Gasteiger partial charge in [-0.2, -0.15) is 14.9 Å². The molecule has 7 heteroatoms. The minimum atomic E-state index is 0.429. The zero-order valence-electron chi connectivity index (χ0n) is 9.95. The normalized spacial score (nSPS) is 10.8. The number of aromatic nitrogens is 3. The van der Waals surface area contributed by atoms with E-state index in [9.17, 15) is 0 Å². The van der Waals surface area contributed by atoms with Crippen LogP contribution in [0.3, 0.4) is 0 Å². The van der Waals surface area contributed by atoms with Crippen LogP contribution in [0.4, 0.5) is 0 Å². The van der Waals surface area contributed by atoms with Gasteiger partial charge in [0, 0.05) is 11.6 Å². The quantitative estimate of drug-likeness (QED) is 0.676. The van der Waals surface area contributed by atoms with Gasteiger partial charge in [0.1, 0.15) is 17.8 Å². The van der Waals surface area contributed by atoms with Gasteiger partial charge in [-0.25, -0.2) is 0 Å². The summed E-state index contributed by atoms with van der Waals surface area (Å²) in [5, 5.41) is 10.6. The average molecular weight is 264 g/mol. The standard InChI is InChI=1S/C11H12N4O2S/c1-16-9-4-3-8(10(5-9)17-2)6-13-15-7-12-14-11(15)18/h3-7H,1-2H3,(H,14,18)/b13-6+. The van der Waals surface area contributed by atoms with Crippen molar-refractivity contribution in [3.8, 4) is 11.5 Å². The summed E-state index contributed by atoms with van der Waals surface area (Å²) in [7, 11) is 3.20. The van der Waals surface area contributed by atoms with Crippen molar-refractivity contribution in [2.24, 2.45) is 5.10 Å². The molecular weight excluding hydrogens is 252 g/mol. The lowest BCUT2D eigenvalue weighted by molar-refractivity contribution is 0.394. The second-order valence-electron chi connectivity index (χ2n) is 3.36. The summed E-state index contributed by atoms with van der Waals surface area (Å²) >= 11 is 4.98. The van der Waals surface area contributed by atoms with E-state index in [4.69, 9.17) is 21.7 Å². The fraction of sp³-hybridized carbons (Fsp3) is 0.182. The lowest BCUT2D eigenvalue weighted by atomic mass is 10.2. The number of hydrogen-bond donors (Lipinski definition) is 1. The van der Waals surface area contributed by atoms with Crippen molar-refractivity contribution in [2.45, 2.75) is 0 Å². The minimum Gasteiger partial charge on any atom is -0.497 e. The first kappa shape index (κ1) is 12.3. The van der Waals surface area contributed by atoms with Gasteiger partial charge in [-0.15, -0.1) is 0 Å². The van der Waals surface area contributed by atoms with Crippen LogP contribution in [0.1, 0.15) is 5.56 Å². The monoisotopic (exact) mass is 264 g/mol. The Kier molecular flexibility index (Phi) is 3.73. The Bertz CT molecular complexity index is 618. The van der Waals surface area contributed by atoms with Crippen LogP contribution in [0.2, 0.25) is 0 Å². The van der Waals surface area contributed by atoms with E-state index in [-0.39, 0.29) is 0 Å². The largest absolute Gasteiger partial charge is 0.497 e. The minimum absolute atomic E-state index is 0.429. The molecule has 2 aromatic rings. The molecule has 0 radical (unpaired) electrons. The lowest BCUT2D eigenvalue weighted by Gasteiger charge is -2.06. The SMILES string of the molecule is COc1ccc(/C=N/n2cn[nH]c2=S)c(OC)c1. The van der Waals surface area contributed by atoms with Crippen LogP contribution in [0, 0.1) is 4.77 Å². The zero-order valence-corrected chi connectivity index (χ0v) is 10.8. The van der Waals surface area contributed by atoms with Crippen LogP contribution in [0.5, 0.6) is 11.5 Å². The molecule has 0 unspecified atom stereocenters. The van der Waals surface area contributed by atoms with E-state index in [1.807, 2.05) is 12.1 Å². The van der Waals surface area contributed by atoms with E-state index in [0.717, 1.165) is 11.3 Å². The topological polar surface area (TPSA) is 64.4 Å². The van der Waals surface area contributed by atoms with Crippen LogP contribution in [0.25, 0.3) is 0 Å². The van der Waals surface area contributed by atoms with Crippen LogP contribution >= 0.6 is 12.2 Å². The van der Waals surface area contributed by atoms with E-state index in [0.29, 0.717) is 10.5 Å². The number of rotatable bonds is 4. The Hall–Kier alpha value is -2.15. The predicted octanol–water partition coefficient (Wildman–Crippen LogP) is 1.84. The van der Waals surface area contributed by atoms with E-state index in [1.165, 1.54) is 11.0 Å². The maximum absolute atomic E-state index is 5.26.